The minimum Gasteiger partial charge on any atom is -0.365 e. The van der Waals surface area contributed by atoms with Gasteiger partial charge in [0.15, 0.2) is 9.84 Å². The zero-order valence-corrected chi connectivity index (χ0v) is 15.1. The lowest BCUT2D eigenvalue weighted by molar-refractivity contribution is 0.0741. The highest BCUT2D eigenvalue weighted by molar-refractivity contribution is 7.91. The van der Waals surface area contributed by atoms with Gasteiger partial charge in [0.1, 0.15) is 17.3 Å². The Balaban J connectivity index is 2.22. The standard InChI is InChI=1S/C15H24N4O3S/c1-10-16-12(8-13(17-10)18-15(2,3)4)14(20)19(5)11-6-7-23(21,22)9-11/h8,11H,6-7,9H2,1-5H3,(H,16,17,18). The maximum Gasteiger partial charge on any atom is 0.272 e. The van der Waals surface area contributed by atoms with E-state index in [0.717, 1.165) is 0 Å². The van der Waals surface area contributed by atoms with Gasteiger partial charge in [-0.3, -0.25) is 4.79 Å². The highest BCUT2D eigenvalue weighted by Crippen LogP contribution is 2.19. The van der Waals surface area contributed by atoms with Crippen LogP contribution < -0.4 is 5.32 Å². The summed E-state index contributed by atoms with van der Waals surface area (Å²) >= 11 is 0. The zero-order chi connectivity index (χ0) is 17.4. The Morgan fingerprint density at radius 1 is 1.35 bits per heavy atom. The second-order valence-electron chi connectivity index (χ2n) is 7.03. The summed E-state index contributed by atoms with van der Waals surface area (Å²) in [5.41, 5.74) is 0.0862. The fraction of sp³-hybridized carbons (Fsp3) is 0.667. The van der Waals surface area contributed by atoms with E-state index in [1.165, 1.54) is 4.90 Å². The number of aromatic nitrogens is 2. The van der Waals surface area contributed by atoms with E-state index in [-0.39, 0.29) is 34.7 Å². The molecule has 1 aliphatic heterocycles. The third-order valence-electron chi connectivity index (χ3n) is 3.64. The average molecular weight is 340 g/mol. The monoisotopic (exact) mass is 340 g/mol. The molecule has 1 saturated heterocycles. The minimum atomic E-state index is -3.04. The molecule has 0 aliphatic carbocycles. The number of carbonyl (C=O) groups excluding carboxylic acids is 1. The van der Waals surface area contributed by atoms with Crippen LogP contribution in [0.2, 0.25) is 0 Å². The van der Waals surface area contributed by atoms with E-state index in [1.54, 1.807) is 20.0 Å². The van der Waals surface area contributed by atoms with Crippen LogP contribution in [0.15, 0.2) is 6.07 Å². The number of nitrogens with one attached hydrogen (secondary N) is 1. The fourth-order valence-corrected chi connectivity index (χ4v) is 4.33. The van der Waals surface area contributed by atoms with Gasteiger partial charge in [-0.2, -0.15) is 0 Å². The van der Waals surface area contributed by atoms with Crippen molar-refractivity contribution in [3.8, 4) is 0 Å². The summed E-state index contributed by atoms with van der Waals surface area (Å²) in [4.78, 5) is 22.6. The van der Waals surface area contributed by atoms with Crippen LogP contribution in [0.4, 0.5) is 5.82 Å². The molecular weight excluding hydrogens is 316 g/mol. The fourth-order valence-electron chi connectivity index (χ4n) is 2.55. The molecule has 7 nitrogen and oxygen atoms in total. The van der Waals surface area contributed by atoms with Gasteiger partial charge in [0.05, 0.1) is 11.5 Å². The molecule has 23 heavy (non-hydrogen) atoms. The normalized spacial score (nSPS) is 20.3. The highest BCUT2D eigenvalue weighted by atomic mass is 32.2. The van der Waals surface area contributed by atoms with Crippen LogP contribution in [0, 0.1) is 6.92 Å². The maximum absolute atomic E-state index is 12.6. The van der Waals surface area contributed by atoms with E-state index < -0.39 is 9.84 Å². The third-order valence-corrected chi connectivity index (χ3v) is 5.39. The van der Waals surface area contributed by atoms with E-state index in [9.17, 15) is 13.2 Å². The van der Waals surface area contributed by atoms with Crippen molar-refractivity contribution in [2.45, 2.75) is 45.7 Å². The molecule has 1 fully saturated rings. The smallest absolute Gasteiger partial charge is 0.272 e. The first-order chi connectivity index (χ1) is 10.5. The summed E-state index contributed by atoms with van der Waals surface area (Å²) in [6, 6.07) is 1.32. The molecule has 1 atom stereocenters. The first kappa shape index (κ1) is 17.7. The molecule has 1 aliphatic rings. The van der Waals surface area contributed by atoms with Crippen molar-refractivity contribution in [1.82, 2.24) is 14.9 Å². The van der Waals surface area contributed by atoms with Gasteiger partial charge in [-0.05, 0) is 34.1 Å². The lowest BCUT2D eigenvalue weighted by Crippen LogP contribution is -2.38. The summed E-state index contributed by atoms with van der Waals surface area (Å²) in [5, 5.41) is 3.22. The van der Waals surface area contributed by atoms with Crippen LogP contribution in [0.25, 0.3) is 0 Å². The van der Waals surface area contributed by atoms with Gasteiger partial charge in [0, 0.05) is 24.7 Å². The van der Waals surface area contributed by atoms with Crippen molar-refractivity contribution >= 4 is 21.6 Å². The summed E-state index contributed by atoms with van der Waals surface area (Å²) in [5.74, 6) is 0.951. The topological polar surface area (TPSA) is 92.3 Å². The molecule has 1 aromatic heterocycles. The van der Waals surface area contributed by atoms with Gasteiger partial charge in [-0.25, -0.2) is 18.4 Å². The second kappa shape index (κ2) is 6.07. The first-order valence-electron chi connectivity index (χ1n) is 7.58. The molecule has 0 aromatic carbocycles. The Hall–Kier alpha value is -1.70. The molecule has 0 spiro atoms. The molecule has 1 amide bonds. The van der Waals surface area contributed by atoms with Crippen molar-refractivity contribution in [3.05, 3.63) is 17.6 Å². The van der Waals surface area contributed by atoms with E-state index in [4.69, 9.17) is 0 Å². The zero-order valence-electron chi connectivity index (χ0n) is 14.3. The number of hydrogen-bond donors (Lipinski definition) is 1. The number of sulfone groups is 1. The summed E-state index contributed by atoms with van der Waals surface area (Å²) in [6.45, 7) is 7.73. The van der Waals surface area contributed by atoms with Crippen molar-refractivity contribution in [2.75, 3.05) is 23.9 Å². The third kappa shape index (κ3) is 4.63. The predicted octanol–water partition coefficient (Wildman–Crippen LogP) is 1.25. The molecule has 8 heteroatoms. The Bertz CT molecular complexity index is 710. The van der Waals surface area contributed by atoms with Gasteiger partial charge in [-0.15, -0.1) is 0 Å². The van der Waals surface area contributed by atoms with E-state index in [0.29, 0.717) is 18.1 Å². The van der Waals surface area contributed by atoms with Crippen molar-refractivity contribution in [2.24, 2.45) is 0 Å². The Labute approximate surface area is 137 Å². The molecule has 0 radical (unpaired) electrons. The van der Waals surface area contributed by atoms with Gasteiger partial charge in [0.2, 0.25) is 0 Å². The number of aryl methyl sites for hydroxylation is 1. The number of carbonyl (C=O) groups is 1. The van der Waals surface area contributed by atoms with Crippen LogP contribution in [0.3, 0.4) is 0 Å². The SMILES string of the molecule is Cc1nc(NC(C)(C)C)cc(C(=O)N(C)C2CCS(=O)(=O)C2)n1. The predicted molar refractivity (Wildman–Crippen MR) is 89.3 cm³/mol. The first-order valence-corrected chi connectivity index (χ1v) is 9.40. The molecular formula is C15H24N4O3S. The lowest BCUT2D eigenvalue weighted by Gasteiger charge is -2.24. The Morgan fingerprint density at radius 2 is 2.00 bits per heavy atom. The van der Waals surface area contributed by atoms with Crippen LogP contribution in [0.5, 0.6) is 0 Å². The van der Waals surface area contributed by atoms with E-state index in [1.807, 2.05) is 20.8 Å². The number of amides is 1. The Kier molecular flexibility index (Phi) is 4.66. The highest BCUT2D eigenvalue weighted by Gasteiger charge is 2.33. The second-order valence-corrected chi connectivity index (χ2v) is 9.26. The lowest BCUT2D eigenvalue weighted by atomic mass is 10.1. The maximum atomic E-state index is 12.6. The Morgan fingerprint density at radius 3 is 2.52 bits per heavy atom. The van der Waals surface area contributed by atoms with Crippen LogP contribution in [0.1, 0.15) is 43.5 Å². The van der Waals surface area contributed by atoms with Crippen LogP contribution >= 0.6 is 0 Å². The van der Waals surface area contributed by atoms with Crippen molar-refractivity contribution in [1.29, 1.82) is 0 Å². The van der Waals surface area contributed by atoms with Gasteiger partial charge < -0.3 is 10.2 Å². The summed E-state index contributed by atoms with van der Waals surface area (Å²) in [6.07, 6.45) is 0.474. The molecule has 1 aromatic rings. The molecule has 1 unspecified atom stereocenters. The molecule has 0 bridgehead atoms. The molecule has 0 saturated carbocycles. The average Bonchev–Trinajstić information content (AvgIpc) is 2.74. The molecule has 128 valence electrons. The van der Waals surface area contributed by atoms with E-state index >= 15 is 0 Å². The van der Waals surface area contributed by atoms with Gasteiger partial charge >= 0.3 is 0 Å². The summed E-state index contributed by atoms with van der Waals surface area (Å²) in [7, 11) is -1.41. The van der Waals surface area contributed by atoms with Crippen molar-refractivity contribution in [3.63, 3.8) is 0 Å². The number of nitrogens with zero attached hydrogens (tertiary/aromatic N) is 3. The number of rotatable bonds is 3. The van der Waals surface area contributed by atoms with Crippen molar-refractivity contribution < 1.29 is 13.2 Å². The van der Waals surface area contributed by atoms with Crippen LogP contribution in [-0.2, 0) is 9.84 Å². The van der Waals surface area contributed by atoms with E-state index in [2.05, 4.69) is 15.3 Å². The number of anilines is 1. The van der Waals surface area contributed by atoms with Crippen LogP contribution in [-0.4, -0.2) is 59.3 Å². The quantitative estimate of drug-likeness (QED) is 0.890. The number of hydrogen-bond acceptors (Lipinski definition) is 6. The largest absolute Gasteiger partial charge is 0.365 e. The molecule has 2 rings (SSSR count). The van der Waals surface area contributed by atoms with Gasteiger partial charge in [-0.1, -0.05) is 0 Å². The minimum absolute atomic E-state index is 0.0202. The summed E-state index contributed by atoms with van der Waals surface area (Å²) < 4.78 is 23.2. The molecule has 2 heterocycles. The molecule has 1 N–H and O–H groups in total. The van der Waals surface area contributed by atoms with Gasteiger partial charge in [0.25, 0.3) is 5.91 Å².